The van der Waals surface area contributed by atoms with E-state index in [9.17, 15) is 0 Å². The molecular weight excluding hydrogens is 184 g/mol. The summed E-state index contributed by atoms with van der Waals surface area (Å²) >= 11 is 0. The van der Waals surface area contributed by atoms with E-state index in [0.717, 1.165) is 12.0 Å². The molecule has 3 aliphatic rings. The first-order chi connectivity index (χ1) is 7.31. The van der Waals surface area contributed by atoms with Gasteiger partial charge >= 0.3 is 0 Å². The molecule has 1 atom stereocenters. The predicted molar refractivity (Wildman–Crippen MR) is 63.0 cm³/mol. The molecule has 3 rings (SSSR count). The van der Waals surface area contributed by atoms with E-state index in [4.69, 9.17) is 0 Å². The minimum atomic E-state index is 0.584. The molecule has 86 valence electrons. The van der Waals surface area contributed by atoms with Crippen LogP contribution >= 0.6 is 0 Å². The van der Waals surface area contributed by atoms with Crippen molar-refractivity contribution in [1.82, 2.24) is 10.2 Å². The number of hydrogen-bond donors (Lipinski definition) is 1. The average molecular weight is 208 g/mol. The molecule has 1 saturated carbocycles. The lowest BCUT2D eigenvalue weighted by Crippen LogP contribution is -2.62. The van der Waals surface area contributed by atoms with Gasteiger partial charge in [0, 0.05) is 24.7 Å². The molecule has 1 N–H and O–H groups in total. The van der Waals surface area contributed by atoms with Crippen LogP contribution in [-0.2, 0) is 0 Å². The lowest BCUT2D eigenvalue weighted by molar-refractivity contribution is -0.00295. The van der Waals surface area contributed by atoms with Gasteiger partial charge in [0.1, 0.15) is 0 Å². The smallest absolute Gasteiger partial charge is 0.0196 e. The molecule has 2 nitrogen and oxygen atoms in total. The van der Waals surface area contributed by atoms with Gasteiger partial charge in [0.05, 0.1) is 0 Å². The highest BCUT2D eigenvalue weighted by atomic mass is 15.2. The van der Waals surface area contributed by atoms with Crippen LogP contribution in [0, 0.1) is 5.92 Å². The molecule has 0 aromatic rings. The van der Waals surface area contributed by atoms with E-state index in [1.54, 1.807) is 0 Å². The Morgan fingerprint density at radius 1 is 1.33 bits per heavy atom. The van der Waals surface area contributed by atoms with Gasteiger partial charge < -0.3 is 5.32 Å². The summed E-state index contributed by atoms with van der Waals surface area (Å²) in [6.45, 7) is 6.37. The van der Waals surface area contributed by atoms with Gasteiger partial charge in [-0.05, 0) is 44.6 Å². The highest BCUT2D eigenvalue weighted by molar-refractivity contribution is 5.03. The Morgan fingerprint density at radius 2 is 2.13 bits per heavy atom. The van der Waals surface area contributed by atoms with Crippen LogP contribution in [0.5, 0.6) is 0 Å². The van der Waals surface area contributed by atoms with Crippen LogP contribution < -0.4 is 5.32 Å². The van der Waals surface area contributed by atoms with E-state index >= 15 is 0 Å². The first kappa shape index (κ1) is 10.1. The summed E-state index contributed by atoms with van der Waals surface area (Å²) in [5, 5.41) is 3.76. The zero-order chi connectivity index (χ0) is 10.3. The largest absolute Gasteiger partial charge is 0.311 e. The molecule has 2 aliphatic heterocycles. The third-order valence-electron chi connectivity index (χ3n) is 4.99. The van der Waals surface area contributed by atoms with Crippen molar-refractivity contribution >= 4 is 0 Å². The number of nitrogens with one attached hydrogen (secondary N) is 1. The van der Waals surface area contributed by atoms with E-state index in [0.29, 0.717) is 5.54 Å². The van der Waals surface area contributed by atoms with Crippen molar-refractivity contribution in [1.29, 1.82) is 0 Å². The number of nitrogens with zero attached hydrogens (tertiary/aromatic N) is 1. The molecule has 0 bridgehead atoms. The van der Waals surface area contributed by atoms with Gasteiger partial charge in [-0.25, -0.2) is 0 Å². The van der Waals surface area contributed by atoms with Crippen molar-refractivity contribution < 1.29 is 0 Å². The summed E-state index contributed by atoms with van der Waals surface area (Å²) < 4.78 is 0. The molecule has 2 heterocycles. The molecule has 0 aromatic heterocycles. The SMILES string of the molecule is CCC1CN(C2CCNC3(CCC3)C2)C1. The summed E-state index contributed by atoms with van der Waals surface area (Å²) in [5.41, 5.74) is 0.584. The van der Waals surface area contributed by atoms with Crippen LogP contribution in [0.3, 0.4) is 0 Å². The highest BCUT2D eigenvalue weighted by Gasteiger charge is 2.44. The van der Waals surface area contributed by atoms with Gasteiger partial charge in [0.25, 0.3) is 0 Å². The van der Waals surface area contributed by atoms with Gasteiger partial charge in [0.2, 0.25) is 0 Å². The Morgan fingerprint density at radius 3 is 2.73 bits per heavy atom. The average Bonchev–Trinajstić information content (AvgIpc) is 2.14. The second-order valence-electron chi connectivity index (χ2n) is 5.94. The van der Waals surface area contributed by atoms with Gasteiger partial charge in [-0.15, -0.1) is 0 Å². The lowest BCUT2D eigenvalue weighted by atomic mass is 9.69. The van der Waals surface area contributed by atoms with E-state index in [1.807, 2.05) is 0 Å². The zero-order valence-electron chi connectivity index (χ0n) is 9.97. The van der Waals surface area contributed by atoms with Gasteiger partial charge in [-0.2, -0.15) is 0 Å². The number of piperidine rings is 1. The van der Waals surface area contributed by atoms with Crippen molar-refractivity contribution in [2.45, 2.75) is 57.0 Å². The number of rotatable bonds is 2. The Labute approximate surface area is 93.4 Å². The minimum absolute atomic E-state index is 0.584. The first-order valence-corrected chi connectivity index (χ1v) is 6.80. The van der Waals surface area contributed by atoms with Crippen molar-refractivity contribution in [2.24, 2.45) is 5.92 Å². The fraction of sp³-hybridized carbons (Fsp3) is 1.00. The Bertz CT molecular complexity index is 229. The third kappa shape index (κ3) is 1.72. The van der Waals surface area contributed by atoms with Gasteiger partial charge in [0.15, 0.2) is 0 Å². The highest BCUT2D eigenvalue weighted by Crippen LogP contribution is 2.40. The van der Waals surface area contributed by atoms with Gasteiger partial charge in [-0.3, -0.25) is 4.90 Å². The van der Waals surface area contributed by atoms with E-state index in [-0.39, 0.29) is 0 Å². The van der Waals surface area contributed by atoms with Crippen LogP contribution in [0.2, 0.25) is 0 Å². The summed E-state index contributed by atoms with van der Waals surface area (Å²) in [6, 6.07) is 0.911. The van der Waals surface area contributed by atoms with Crippen molar-refractivity contribution in [2.75, 3.05) is 19.6 Å². The maximum absolute atomic E-state index is 3.76. The number of likely N-dealkylation sites (tertiary alicyclic amines) is 1. The predicted octanol–water partition coefficient (Wildman–Crippen LogP) is 2.00. The van der Waals surface area contributed by atoms with Crippen molar-refractivity contribution in [3.8, 4) is 0 Å². The van der Waals surface area contributed by atoms with Gasteiger partial charge in [-0.1, -0.05) is 13.3 Å². The molecule has 2 heteroatoms. The van der Waals surface area contributed by atoms with Crippen LogP contribution in [0.4, 0.5) is 0 Å². The summed E-state index contributed by atoms with van der Waals surface area (Å²) in [7, 11) is 0. The third-order valence-corrected chi connectivity index (χ3v) is 4.99. The standard InChI is InChI=1S/C13H24N2/c1-2-11-9-15(10-11)12-4-7-14-13(8-12)5-3-6-13/h11-12,14H,2-10H2,1H3. The van der Waals surface area contributed by atoms with Crippen LogP contribution in [-0.4, -0.2) is 36.1 Å². The minimum Gasteiger partial charge on any atom is -0.311 e. The zero-order valence-corrected chi connectivity index (χ0v) is 9.97. The topological polar surface area (TPSA) is 15.3 Å². The van der Waals surface area contributed by atoms with Crippen molar-refractivity contribution in [3.05, 3.63) is 0 Å². The fourth-order valence-corrected chi connectivity index (χ4v) is 3.59. The Kier molecular flexibility index (Phi) is 2.52. The van der Waals surface area contributed by atoms with Crippen molar-refractivity contribution in [3.63, 3.8) is 0 Å². The first-order valence-electron chi connectivity index (χ1n) is 6.80. The van der Waals surface area contributed by atoms with E-state index < -0.39 is 0 Å². The normalized spacial score (nSPS) is 36.2. The molecule has 1 aliphatic carbocycles. The maximum atomic E-state index is 3.76. The maximum Gasteiger partial charge on any atom is 0.0196 e. The second kappa shape index (κ2) is 3.74. The van der Waals surface area contributed by atoms with E-state index in [2.05, 4.69) is 17.1 Å². The Balaban J connectivity index is 1.54. The molecule has 1 unspecified atom stereocenters. The summed E-state index contributed by atoms with van der Waals surface area (Å²) in [4.78, 5) is 2.75. The molecule has 2 saturated heterocycles. The molecule has 0 aromatic carbocycles. The molecule has 3 fully saturated rings. The summed E-state index contributed by atoms with van der Waals surface area (Å²) in [6.07, 6.45) is 8.54. The number of hydrogen-bond acceptors (Lipinski definition) is 2. The molecule has 1 spiro atoms. The Hall–Kier alpha value is -0.0800. The van der Waals surface area contributed by atoms with Crippen LogP contribution in [0.15, 0.2) is 0 Å². The lowest BCUT2D eigenvalue weighted by Gasteiger charge is -2.54. The van der Waals surface area contributed by atoms with Crippen LogP contribution in [0.1, 0.15) is 45.4 Å². The van der Waals surface area contributed by atoms with E-state index in [1.165, 1.54) is 58.2 Å². The monoisotopic (exact) mass is 208 g/mol. The molecular formula is C13H24N2. The van der Waals surface area contributed by atoms with Crippen LogP contribution in [0.25, 0.3) is 0 Å². The summed E-state index contributed by atoms with van der Waals surface area (Å²) in [5.74, 6) is 1.01. The fourth-order valence-electron chi connectivity index (χ4n) is 3.59. The molecule has 0 amide bonds. The molecule has 0 radical (unpaired) electrons. The molecule has 15 heavy (non-hydrogen) atoms. The second-order valence-corrected chi connectivity index (χ2v) is 5.94. The quantitative estimate of drug-likeness (QED) is 0.747.